The molecule has 0 atom stereocenters. The monoisotopic (exact) mass is 400 g/mol. The average Bonchev–Trinajstić information content (AvgIpc) is 2.81. The molecule has 158 valence electrons. The van der Waals surface area contributed by atoms with E-state index in [4.69, 9.17) is 11.5 Å². The molecule has 0 saturated carbocycles. The maximum Gasteiger partial charge on any atom is 0.0385 e. The maximum absolute atomic E-state index is 6.85. The summed E-state index contributed by atoms with van der Waals surface area (Å²) in [5.74, 6) is 0. The lowest BCUT2D eigenvalue weighted by Crippen LogP contribution is -2.21. The second-order valence-corrected chi connectivity index (χ2v) is 10.2. The quantitative estimate of drug-likeness (QED) is 0.574. The second kappa shape index (κ2) is 7.32. The van der Waals surface area contributed by atoms with Gasteiger partial charge in [-0.15, -0.1) is 0 Å². The van der Waals surface area contributed by atoms with Crippen molar-refractivity contribution in [3.63, 3.8) is 0 Å². The molecule has 0 amide bonds. The molecule has 6 rings (SSSR count). The lowest BCUT2D eigenvalue weighted by atomic mass is 9.70. The highest BCUT2D eigenvalue weighted by molar-refractivity contribution is 5.87. The van der Waals surface area contributed by atoms with Gasteiger partial charge in [0.05, 0.1) is 0 Å². The summed E-state index contributed by atoms with van der Waals surface area (Å²) in [6, 6.07) is 0. The predicted octanol–water partition coefficient (Wildman–Crippen LogP) is 6.03. The number of rotatable bonds is 1. The molecule has 2 nitrogen and oxygen atoms in total. The molecule has 2 aromatic rings. The minimum absolute atomic E-state index is 1.17. The third-order valence-electron chi connectivity index (χ3n) is 8.63. The molecule has 2 heteroatoms. The van der Waals surface area contributed by atoms with Crippen LogP contribution in [0.5, 0.6) is 0 Å². The average molecular weight is 401 g/mol. The molecular formula is C28H36N2. The Morgan fingerprint density at radius 3 is 0.733 bits per heavy atom. The zero-order valence-corrected chi connectivity index (χ0v) is 18.5. The molecule has 0 saturated heterocycles. The fourth-order valence-corrected chi connectivity index (χ4v) is 7.25. The number of nitrogens with two attached hydrogens (primary N) is 2. The third kappa shape index (κ3) is 2.68. The zero-order valence-electron chi connectivity index (χ0n) is 18.5. The molecule has 4 aliphatic rings. The van der Waals surface area contributed by atoms with E-state index in [0.29, 0.717) is 0 Å². The van der Waals surface area contributed by atoms with Crippen LogP contribution in [0.2, 0.25) is 0 Å². The SMILES string of the molecule is Nc1c2c(c(-c3c4c(c(N)c5c3CCCC5)CCCC4)c3c1CCCC3)CCCC2. The van der Waals surface area contributed by atoms with E-state index in [1.165, 1.54) is 136 Å². The number of nitrogen functional groups attached to an aromatic ring is 2. The Labute approximate surface area is 181 Å². The molecule has 0 fully saturated rings. The number of hydrogen-bond donors (Lipinski definition) is 2. The van der Waals surface area contributed by atoms with Crippen molar-refractivity contribution in [3.05, 3.63) is 44.5 Å². The van der Waals surface area contributed by atoms with Gasteiger partial charge in [0.2, 0.25) is 0 Å². The maximum atomic E-state index is 6.85. The van der Waals surface area contributed by atoms with Gasteiger partial charge in [-0.05, 0) is 158 Å². The van der Waals surface area contributed by atoms with Crippen LogP contribution in [0.3, 0.4) is 0 Å². The van der Waals surface area contributed by atoms with E-state index in [1.54, 1.807) is 33.4 Å². The van der Waals surface area contributed by atoms with Crippen LogP contribution in [-0.4, -0.2) is 0 Å². The molecular weight excluding hydrogens is 364 g/mol. The summed E-state index contributed by atoms with van der Waals surface area (Å²) in [7, 11) is 0. The van der Waals surface area contributed by atoms with Gasteiger partial charge in [-0.3, -0.25) is 0 Å². The summed E-state index contributed by atoms with van der Waals surface area (Å²) < 4.78 is 0. The number of anilines is 2. The van der Waals surface area contributed by atoms with Crippen LogP contribution >= 0.6 is 0 Å². The number of benzene rings is 2. The molecule has 0 heterocycles. The van der Waals surface area contributed by atoms with E-state index in [2.05, 4.69) is 0 Å². The molecule has 4 aliphatic carbocycles. The first-order valence-electron chi connectivity index (χ1n) is 12.7. The van der Waals surface area contributed by atoms with Gasteiger partial charge >= 0.3 is 0 Å². The molecule has 30 heavy (non-hydrogen) atoms. The van der Waals surface area contributed by atoms with E-state index in [-0.39, 0.29) is 0 Å². The second-order valence-electron chi connectivity index (χ2n) is 10.2. The van der Waals surface area contributed by atoms with Crippen molar-refractivity contribution in [3.8, 4) is 11.1 Å². The van der Waals surface area contributed by atoms with Crippen LogP contribution < -0.4 is 11.5 Å². The Bertz CT molecular complexity index is 872. The van der Waals surface area contributed by atoms with E-state index in [0.717, 1.165) is 0 Å². The van der Waals surface area contributed by atoms with E-state index in [9.17, 15) is 0 Å². The van der Waals surface area contributed by atoms with Gasteiger partial charge in [0.1, 0.15) is 0 Å². The van der Waals surface area contributed by atoms with Crippen molar-refractivity contribution in [2.75, 3.05) is 11.5 Å². The number of hydrogen-bond acceptors (Lipinski definition) is 2. The van der Waals surface area contributed by atoms with Crippen molar-refractivity contribution in [1.29, 1.82) is 0 Å². The van der Waals surface area contributed by atoms with E-state index >= 15 is 0 Å². The lowest BCUT2D eigenvalue weighted by molar-refractivity contribution is 0.654. The Morgan fingerprint density at radius 2 is 0.500 bits per heavy atom. The fraction of sp³-hybridized carbons (Fsp3) is 0.571. The van der Waals surface area contributed by atoms with Crippen molar-refractivity contribution < 1.29 is 0 Å². The Balaban J connectivity index is 1.73. The van der Waals surface area contributed by atoms with Gasteiger partial charge in [-0.25, -0.2) is 0 Å². The summed E-state index contributed by atoms with van der Waals surface area (Å²) in [6.45, 7) is 0. The number of fused-ring (bicyclic) bond motifs is 4. The summed E-state index contributed by atoms with van der Waals surface area (Å²) in [4.78, 5) is 0. The summed E-state index contributed by atoms with van der Waals surface area (Å²) in [5, 5.41) is 0. The highest BCUT2D eigenvalue weighted by Crippen LogP contribution is 2.49. The largest absolute Gasteiger partial charge is 0.398 e. The first-order chi connectivity index (χ1) is 14.8. The minimum Gasteiger partial charge on any atom is -0.398 e. The van der Waals surface area contributed by atoms with Gasteiger partial charge in [-0.2, -0.15) is 0 Å². The van der Waals surface area contributed by atoms with Crippen LogP contribution in [0.1, 0.15) is 95.9 Å². The van der Waals surface area contributed by atoms with E-state index < -0.39 is 0 Å². The fourth-order valence-electron chi connectivity index (χ4n) is 7.25. The first-order valence-corrected chi connectivity index (χ1v) is 12.7. The van der Waals surface area contributed by atoms with Crippen molar-refractivity contribution >= 4 is 11.4 Å². The predicted molar refractivity (Wildman–Crippen MR) is 127 cm³/mol. The van der Waals surface area contributed by atoms with Crippen LogP contribution in [-0.2, 0) is 51.4 Å². The third-order valence-corrected chi connectivity index (χ3v) is 8.63. The Hall–Kier alpha value is -1.96. The van der Waals surface area contributed by atoms with Gasteiger partial charge in [0, 0.05) is 11.4 Å². The topological polar surface area (TPSA) is 52.0 Å². The smallest absolute Gasteiger partial charge is 0.0385 e. The molecule has 4 N–H and O–H groups in total. The van der Waals surface area contributed by atoms with Gasteiger partial charge in [0.15, 0.2) is 0 Å². The summed E-state index contributed by atoms with van der Waals surface area (Å²) in [6.07, 6.45) is 20.1. The molecule has 0 spiro atoms. The van der Waals surface area contributed by atoms with Crippen LogP contribution in [0, 0.1) is 0 Å². The molecule has 0 bridgehead atoms. The van der Waals surface area contributed by atoms with Crippen LogP contribution in [0.4, 0.5) is 11.4 Å². The minimum atomic E-state index is 1.17. The molecule has 0 unspecified atom stereocenters. The Kier molecular flexibility index (Phi) is 4.58. The van der Waals surface area contributed by atoms with Crippen molar-refractivity contribution in [1.82, 2.24) is 0 Å². The molecule has 0 radical (unpaired) electrons. The molecule has 2 aromatic carbocycles. The highest BCUT2D eigenvalue weighted by Gasteiger charge is 2.32. The highest BCUT2D eigenvalue weighted by atomic mass is 14.6. The summed E-state index contributed by atoms with van der Waals surface area (Å²) >= 11 is 0. The lowest BCUT2D eigenvalue weighted by Gasteiger charge is -2.35. The first kappa shape index (κ1) is 18.8. The normalized spacial score (nSPS) is 20.1. The molecule has 0 aromatic heterocycles. The van der Waals surface area contributed by atoms with Crippen molar-refractivity contribution in [2.45, 2.75) is 103 Å². The Morgan fingerprint density at radius 1 is 0.300 bits per heavy atom. The van der Waals surface area contributed by atoms with Crippen LogP contribution in [0.25, 0.3) is 11.1 Å². The standard InChI is InChI=1S/C28H36N2/c29-27-21-13-5-1-9-17(21)25(18-10-2-6-14-22(18)27)26-19-11-3-7-15-23(19)28(30)24-16-8-4-12-20(24)26/h1-16,29-30H2. The van der Waals surface area contributed by atoms with Gasteiger partial charge in [0.25, 0.3) is 0 Å². The summed E-state index contributed by atoms with van der Waals surface area (Å²) in [5.41, 5.74) is 31.9. The van der Waals surface area contributed by atoms with Crippen LogP contribution in [0.15, 0.2) is 0 Å². The van der Waals surface area contributed by atoms with E-state index in [1.807, 2.05) is 0 Å². The van der Waals surface area contributed by atoms with Gasteiger partial charge < -0.3 is 11.5 Å². The molecule has 0 aliphatic heterocycles. The van der Waals surface area contributed by atoms with Crippen molar-refractivity contribution in [2.24, 2.45) is 0 Å². The zero-order chi connectivity index (χ0) is 20.2. The van der Waals surface area contributed by atoms with Gasteiger partial charge in [-0.1, -0.05) is 0 Å².